The summed E-state index contributed by atoms with van der Waals surface area (Å²) in [4.78, 5) is 0. The minimum Gasteiger partial charge on any atom is -0.0738 e. The van der Waals surface area contributed by atoms with Crippen LogP contribution in [0, 0.1) is 5.41 Å². The maximum absolute atomic E-state index is 2.34. The van der Waals surface area contributed by atoms with Gasteiger partial charge in [0.05, 0.1) is 0 Å². The highest BCUT2D eigenvalue weighted by Crippen LogP contribution is 2.40. The normalized spacial score (nSPS) is 21.3. The summed E-state index contributed by atoms with van der Waals surface area (Å²) in [5.41, 5.74) is 3.79. The van der Waals surface area contributed by atoms with Gasteiger partial charge in [-0.15, -0.1) is 0 Å². The molecule has 0 saturated heterocycles. The summed E-state index contributed by atoms with van der Waals surface area (Å²) in [5, 5.41) is 0. The molecule has 0 N–H and O–H groups in total. The molecule has 11 heavy (non-hydrogen) atoms. The van der Waals surface area contributed by atoms with E-state index in [1.165, 1.54) is 12.8 Å². The molecule has 0 nitrogen and oxygen atoms in total. The van der Waals surface area contributed by atoms with E-state index in [2.05, 4.69) is 27.7 Å². The molecule has 0 fully saturated rings. The van der Waals surface area contributed by atoms with Crippen LogP contribution in [0.2, 0.25) is 0 Å². The van der Waals surface area contributed by atoms with Crippen molar-refractivity contribution >= 4 is 0 Å². The van der Waals surface area contributed by atoms with Crippen LogP contribution in [0.4, 0.5) is 0 Å². The lowest BCUT2D eigenvalue weighted by molar-refractivity contribution is 0.389. The highest BCUT2D eigenvalue weighted by molar-refractivity contribution is 5.19. The molecule has 1 aliphatic carbocycles. The number of allylic oxidation sites excluding steroid dienone is 2. The van der Waals surface area contributed by atoms with E-state index in [0.717, 1.165) is 0 Å². The Balaban J connectivity index is 0.000000461. The zero-order valence-electron chi connectivity index (χ0n) is 8.91. The number of rotatable bonds is 0. The molecular weight excluding hydrogens is 132 g/mol. The fraction of sp³-hybridized carbons (Fsp3) is 0.818. The van der Waals surface area contributed by atoms with E-state index >= 15 is 0 Å². The zero-order chi connectivity index (χ0) is 9.07. The molecule has 0 bridgehead atoms. The van der Waals surface area contributed by atoms with E-state index in [4.69, 9.17) is 0 Å². The van der Waals surface area contributed by atoms with E-state index < -0.39 is 0 Å². The van der Waals surface area contributed by atoms with Gasteiger partial charge in [-0.1, -0.05) is 38.8 Å². The fourth-order valence-electron chi connectivity index (χ4n) is 1.80. The summed E-state index contributed by atoms with van der Waals surface area (Å²) >= 11 is 0. The summed E-state index contributed by atoms with van der Waals surface area (Å²) in [6.07, 6.45) is 2.61. The number of hydrogen-bond acceptors (Lipinski definition) is 0. The van der Waals surface area contributed by atoms with Crippen molar-refractivity contribution in [2.45, 2.75) is 54.4 Å². The minimum atomic E-state index is 0.564. The van der Waals surface area contributed by atoms with Crippen LogP contribution in [0.25, 0.3) is 0 Å². The summed E-state index contributed by atoms with van der Waals surface area (Å²) < 4.78 is 0. The predicted octanol–water partition coefficient (Wildman–Crippen LogP) is 4.17. The highest BCUT2D eigenvalue weighted by Gasteiger charge is 2.25. The van der Waals surface area contributed by atoms with E-state index in [0.29, 0.717) is 5.41 Å². The lowest BCUT2D eigenvalue weighted by Gasteiger charge is -2.16. The molecule has 0 radical (unpaired) electrons. The van der Waals surface area contributed by atoms with Gasteiger partial charge in [-0.2, -0.15) is 0 Å². The standard InChI is InChI=1S/C9H16.C2H6/c1-7-5-9(3,4)6-8(7)2;1-2/h5-6H2,1-4H3;1-2H3. The lowest BCUT2D eigenvalue weighted by atomic mass is 9.89. The second-order valence-corrected chi connectivity index (χ2v) is 4.08. The van der Waals surface area contributed by atoms with Gasteiger partial charge in [-0.3, -0.25) is 0 Å². The first-order chi connectivity index (χ1) is 5.01. The Morgan fingerprint density at radius 2 is 1.18 bits per heavy atom. The van der Waals surface area contributed by atoms with Gasteiger partial charge in [0.1, 0.15) is 0 Å². The SMILES string of the molecule is CC.CC1=C(C)CC(C)(C)C1. The Bertz CT molecular complexity index is 133. The second-order valence-electron chi connectivity index (χ2n) is 4.08. The third kappa shape index (κ3) is 3.09. The molecule has 1 rings (SSSR count). The molecule has 0 aromatic carbocycles. The molecule has 0 unspecified atom stereocenters. The topological polar surface area (TPSA) is 0 Å². The van der Waals surface area contributed by atoms with Crippen molar-refractivity contribution in [2.24, 2.45) is 5.41 Å². The Hall–Kier alpha value is -0.260. The maximum Gasteiger partial charge on any atom is -0.0266 e. The first kappa shape index (κ1) is 10.7. The number of hydrogen-bond donors (Lipinski definition) is 0. The Morgan fingerprint density at radius 1 is 0.909 bits per heavy atom. The summed E-state index contributed by atoms with van der Waals surface area (Å²) in [7, 11) is 0. The van der Waals surface area contributed by atoms with Gasteiger partial charge in [0.15, 0.2) is 0 Å². The molecule has 0 heteroatoms. The predicted molar refractivity (Wildman–Crippen MR) is 52.7 cm³/mol. The quantitative estimate of drug-likeness (QED) is 0.459. The monoisotopic (exact) mass is 154 g/mol. The summed E-state index contributed by atoms with van der Waals surface area (Å²) in [6.45, 7) is 13.2. The van der Waals surface area contributed by atoms with Crippen LogP contribution in [0.15, 0.2) is 11.1 Å². The van der Waals surface area contributed by atoms with Gasteiger partial charge in [-0.05, 0) is 32.1 Å². The van der Waals surface area contributed by atoms with Crippen molar-refractivity contribution in [1.82, 2.24) is 0 Å². The molecule has 66 valence electrons. The van der Waals surface area contributed by atoms with Crippen molar-refractivity contribution in [2.75, 3.05) is 0 Å². The Labute approximate surface area is 71.7 Å². The Morgan fingerprint density at radius 3 is 1.27 bits per heavy atom. The van der Waals surface area contributed by atoms with E-state index in [1.54, 1.807) is 11.1 Å². The molecule has 0 atom stereocenters. The molecule has 1 aliphatic rings. The molecule has 0 aliphatic heterocycles. The second kappa shape index (κ2) is 3.94. The van der Waals surface area contributed by atoms with Crippen LogP contribution >= 0.6 is 0 Å². The first-order valence-electron chi connectivity index (χ1n) is 4.66. The van der Waals surface area contributed by atoms with Gasteiger partial charge in [0.2, 0.25) is 0 Å². The maximum atomic E-state index is 2.34. The smallest absolute Gasteiger partial charge is 0.0266 e. The minimum absolute atomic E-state index is 0.564. The van der Waals surface area contributed by atoms with Crippen LogP contribution < -0.4 is 0 Å². The van der Waals surface area contributed by atoms with E-state index in [1.807, 2.05) is 13.8 Å². The van der Waals surface area contributed by atoms with Crippen molar-refractivity contribution in [3.8, 4) is 0 Å². The molecule has 0 spiro atoms. The van der Waals surface area contributed by atoms with Crippen LogP contribution in [0.3, 0.4) is 0 Å². The molecule has 0 saturated carbocycles. The molecule has 0 aromatic heterocycles. The molecular formula is C11H22. The molecule has 0 amide bonds. The lowest BCUT2D eigenvalue weighted by Crippen LogP contribution is -2.04. The Kier molecular flexibility index (Phi) is 3.85. The van der Waals surface area contributed by atoms with E-state index in [-0.39, 0.29) is 0 Å². The van der Waals surface area contributed by atoms with E-state index in [9.17, 15) is 0 Å². The fourth-order valence-corrected chi connectivity index (χ4v) is 1.80. The van der Waals surface area contributed by atoms with Crippen molar-refractivity contribution < 1.29 is 0 Å². The van der Waals surface area contributed by atoms with Crippen LogP contribution in [-0.4, -0.2) is 0 Å². The zero-order valence-corrected chi connectivity index (χ0v) is 8.91. The summed E-state index contributed by atoms with van der Waals surface area (Å²) in [6, 6.07) is 0. The highest BCUT2D eigenvalue weighted by atomic mass is 14.3. The third-order valence-corrected chi connectivity index (χ3v) is 2.22. The average molecular weight is 154 g/mol. The van der Waals surface area contributed by atoms with Gasteiger partial charge >= 0.3 is 0 Å². The largest absolute Gasteiger partial charge is 0.0738 e. The van der Waals surface area contributed by atoms with Gasteiger partial charge < -0.3 is 0 Å². The first-order valence-corrected chi connectivity index (χ1v) is 4.66. The molecule has 0 aromatic rings. The van der Waals surface area contributed by atoms with Crippen molar-refractivity contribution in [1.29, 1.82) is 0 Å². The van der Waals surface area contributed by atoms with Crippen LogP contribution in [0.5, 0.6) is 0 Å². The molecule has 0 heterocycles. The van der Waals surface area contributed by atoms with Crippen LogP contribution in [-0.2, 0) is 0 Å². The third-order valence-electron chi connectivity index (χ3n) is 2.22. The average Bonchev–Trinajstić information content (AvgIpc) is 2.10. The summed E-state index contributed by atoms with van der Waals surface area (Å²) in [5.74, 6) is 0. The van der Waals surface area contributed by atoms with Gasteiger partial charge in [0, 0.05) is 0 Å². The van der Waals surface area contributed by atoms with Crippen molar-refractivity contribution in [3.63, 3.8) is 0 Å². The van der Waals surface area contributed by atoms with Crippen LogP contribution in [0.1, 0.15) is 54.4 Å². The van der Waals surface area contributed by atoms with Crippen molar-refractivity contribution in [3.05, 3.63) is 11.1 Å². The van der Waals surface area contributed by atoms with Gasteiger partial charge in [-0.25, -0.2) is 0 Å². The van der Waals surface area contributed by atoms with Gasteiger partial charge in [0.25, 0.3) is 0 Å².